The summed E-state index contributed by atoms with van der Waals surface area (Å²) in [5.41, 5.74) is 0. The average Bonchev–Trinajstić information content (AvgIpc) is 3.30. The van der Waals surface area contributed by atoms with Crippen molar-refractivity contribution in [3.63, 3.8) is 0 Å². The van der Waals surface area contributed by atoms with E-state index in [9.17, 15) is 24.0 Å². The summed E-state index contributed by atoms with van der Waals surface area (Å²) in [7, 11) is 0. The molecule has 4 rings (SSSR count). The Labute approximate surface area is 258 Å². The molecule has 0 aromatic rings. The third-order valence-corrected chi connectivity index (χ3v) is 10.5. The van der Waals surface area contributed by atoms with E-state index in [1.165, 1.54) is 11.0 Å². The lowest BCUT2D eigenvalue weighted by atomic mass is 9.83. The van der Waals surface area contributed by atoms with E-state index in [4.69, 9.17) is 27.9 Å². The number of likely N-dealkylation sites (tertiary alicyclic amines) is 1. The molecule has 3 unspecified atom stereocenters. The molecule has 4 aliphatic rings. The van der Waals surface area contributed by atoms with Gasteiger partial charge in [-0.2, -0.15) is 0 Å². The van der Waals surface area contributed by atoms with E-state index >= 15 is 0 Å². The van der Waals surface area contributed by atoms with Gasteiger partial charge in [-0.3, -0.25) is 19.2 Å². The maximum absolute atomic E-state index is 14.2. The fourth-order valence-electron chi connectivity index (χ4n) is 6.97. The van der Waals surface area contributed by atoms with Crippen molar-refractivity contribution in [2.75, 3.05) is 13.1 Å². The molecular weight excluding hydrogens is 583 g/mol. The highest BCUT2D eigenvalue weighted by molar-refractivity contribution is 6.51. The van der Waals surface area contributed by atoms with E-state index in [1.54, 1.807) is 0 Å². The molecular formula is C30H44Cl2N4O6. The number of carbonyl (C=O) groups excluding carboxylic acids is 5. The molecule has 3 aliphatic carbocycles. The lowest BCUT2D eigenvalue weighted by Crippen LogP contribution is -2.60. The first-order valence-corrected chi connectivity index (χ1v) is 16.2. The standard InChI is InChI=1S/C30H44Cl2N4O6/c1-4-10-20(25(37)27(39)33-15-5-2)34-26(38)24-22-19(30(22,31)32)16-36(24)28(40)23(18-12-7-6-8-13-18)35-29(41)42-21-14-9-11-17(21)3/h5,17-24H,2,4,6-16H2,1,3H3,(H,33,39)(H,34,38)(H,35,41)/t17?,19-,20?,21?,22-,23-,24-/m0/s1. The van der Waals surface area contributed by atoms with Gasteiger partial charge in [-0.1, -0.05) is 45.6 Å². The molecule has 7 atom stereocenters. The molecule has 3 N–H and O–H groups in total. The minimum Gasteiger partial charge on any atom is -0.446 e. The fraction of sp³-hybridized carbons (Fsp3) is 0.767. The number of alkyl halides is 2. The molecule has 0 aromatic carbocycles. The van der Waals surface area contributed by atoms with E-state index in [2.05, 4.69) is 29.5 Å². The van der Waals surface area contributed by atoms with Crippen LogP contribution in [0, 0.1) is 23.7 Å². The number of nitrogens with zero attached hydrogens (tertiary/aromatic N) is 1. The van der Waals surface area contributed by atoms with Crippen molar-refractivity contribution in [3.8, 4) is 0 Å². The molecule has 0 bridgehead atoms. The van der Waals surface area contributed by atoms with Gasteiger partial charge < -0.3 is 25.6 Å². The number of nitrogens with one attached hydrogen (secondary N) is 3. The summed E-state index contributed by atoms with van der Waals surface area (Å²) in [4.78, 5) is 67.7. The van der Waals surface area contributed by atoms with Gasteiger partial charge in [0.25, 0.3) is 5.91 Å². The van der Waals surface area contributed by atoms with E-state index in [-0.39, 0.29) is 49.3 Å². The van der Waals surface area contributed by atoms with Crippen LogP contribution in [0.5, 0.6) is 0 Å². The molecule has 10 nitrogen and oxygen atoms in total. The first-order valence-electron chi connectivity index (χ1n) is 15.4. The second-order valence-corrected chi connectivity index (χ2v) is 13.8. The Morgan fingerprint density at radius 2 is 1.76 bits per heavy atom. The number of hydrogen-bond donors (Lipinski definition) is 3. The molecule has 0 aromatic heterocycles. The van der Waals surface area contributed by atoms with Crippen LogP contribution in [-0.4, -0.2) is 76.2 Å². The van der Waals surface area contributed by atoms with Crippen LogP contribution in [0.3, 0.4) is 0 Å². The average molecular weight is 628 g/mol. The molecule has 1 saturated heterocycles. The van der Waals surface area contributed by atoms with Gasteiger partial charge in [0, 0.05) is 24.9 Å². The van der Waals surface area contributed by atoms with E-state index < -0.39 is 52.1 Å². The second kappa shape index (κ2) is 14.0. The van der Waals surface area contributed by atoms with Crippen molar-refractivity contribution < 1.29 is 28.7 Å². The van der Waals surface area contributed by atoms with Crippen LogP contribution in [0.4, 0.5) is 4.79 Å². The van der Waals surface area contributed by atoms with E-state index in [0.29, 0.717) is 6.42 Å². The number of hydrogen-bond acceptors (Lipinski definition) is 6. The van der Waals surface area contributed by atoms with E-state index in [0.717, 1.165) is 51.4 Å². The normalized spacial score (nSPS) is 29.5. The van der Waals surface area contributed by atoms with E-state index in [1.807, 2.05) is 6.92 Å². The zero-order valence-corrected chi connectivity index (χ0v) is 26.1. The quantitative estimate of drug-likeness (QED) is 0.172. The van der Waals surface area contributed by atoms with Crippen molar-refractivity contribution >= 4 is 52.8 Å². The van der Waals surface area contributed by atoms with Crippen LogP contribution in [0.25, 0.3) is 0 Å². The van der Waals surface area contributed by atoms with Gasteiger partial charge in [-0.25, -0.2) is 4.79 Å². The number of carbonyl (C=O) groups is 5. The largest absolute Gasteiger partial charge is 0.446 e. The minimum atomic E-state index is -1.18. The van der Waals surface area contributed by atoms with Gasteiger partial charge in [-0.05, 0) is 50.4 Å². The van der Waals surface area contributed by atoms with Crippen molar-refractivity contribution in [2.45, 2.75) is 107 Å². The number of amides is 4. The van der Waals surface area contributed by atoms with Gasteiger partial charge in [0.1, 0.15) is 22.5 Å². The number of alkyl carbamates (subject to hydrolysis) is 1. The highest BCUT2D eigenvalue weighted by atomic mass is 35.5. The van der Waals surface area contributed by atoms with Crippen molar-refractivity contribution in [1.29, 1.82) is 0 Å². The van der Waals surface area contributed by atoms with Crippen molar-refractivity contribution in [1.82, 2.24) is 20.9 Å². The van der Waals surface area contributed by atoms with Gasteiger partial charge in [0.15, 0.2) is 0 Å². The monoisotopic (exact) mass is 626 g/mol. The number of ketones is 1. The number of rotatable bonds is 12. The molecule has 12 heteroatoms. The predicted molar refractivity (Wildman–Crippen MR) is 159 cm³/mol. The van der Waals surface area contributed by atoms with Crippen LogP contribution in [-0.2, 0) is 23.9 Å². The van der Waals surface area contributed by atoms with Crippen LogP contribution in [0.15, 0.2) is 12.7 Å². The number of halogens is 2. The van der Waals surface area contributed by atoms with Crippen molar-refractivity contribution in [2.24, 2.45) is 23.7 Å². The van der Waals surface area contributed by atoms with Crippen molar-refractivity contribution in [3.05, 3.63) is 12.7 Å². The van der Waals surface area contributed by atoms with Gasteiger partial charge in [-0.15, -0.1) is 29.8 Å². The van der Waals surface area contributed by atoms with Gasteiger partial charge in [0.2, 0.25) is 17.6 Å². The summed E-state index contributed by atoms with van der Waals surface area (Å²) in [5.74, 6) is -3.26. The number of piperidine rings is 1. The maximum atomic E-state index is 14.2. The topological polar surface area (TPSA) is 134 Å². The zero-order chi connectivity index (χ0) is 30.6. The molecule has 3 saturated carbocycles. The third kappa shape index (κ3) is 7.07. The highest BCUT2D eigenvalue weighted by Crippen LogP contribution is 2.65. The summed E-state index contributed by atoms with van der Waals surface area (Å²) in [6, 6.07) is -2.97. The Morgan fingerprint density at radius 1 is 1.05 bits per heavy atom. The lowest BCUT2D eigenvalue weighted by Gasteiger charge is -2.36. The summed E-state index contributed by atoms with van der Waals surface area (Å²) >= 11 is 13.0. The molecule has 42 heavy (non-hydrogen) atoms. The Kier molecular flexibility index (Phi) is 10.8. The molecule has 0 radical (unpaired) electrons. The smallest absolute Gasteiger partial charge is 0.408 e. The summed E-state index contributed by atoms with van der Waals surface area (Å²) < 4.78 is 4.54. The third-order valence-electron chi connectivity index (χ3n) is 9.43. The predicted octanol–water partition coefficient (Wildman–Crippen LogP) is 3.64. The Hall–Kier alpha value is -2.33. The summed E-state index contributed by atoms with van der Waals surface area (Å²) in [5, 5.41) is 8.03. The SMILES string of the molecule is C=CCNC(=O)C(=O)C(CCC)NC(=O)[C@@H]1[C@@H]2[C@H](CN1C(=O)[C@@H](NC(=O)OC1CCCC1C)C1CCCCC1)C2(Cl)Cl. The summed E-state index contributed by atoms with van der Waals surface area (Å²) in [6.07, 6.45) is 8.71. The lowest BCUT2D eigenvalue weighted by molar-refractivity contribution is -0.144. The molecule has 4 fully saturated rings. The number of fused-ring (bicyclic) bond motifs is 1. The van der Waals surface area contributed by atoms with Crippen LogP contribution >= 0.6 is 23.2 Å². The Balaban J connectivity index is 1.52. The first-order chi connectivity index (χ1) is 20.0. The molecule has 0 spiro atoms. The zero-order valence-electron chi connectivity index (χ0n) is 24.5. The summed E-state index contributed by atoms with van der Waals surface area (Å²) in [6.45, 7) is 7.69. The number of ether oxygens (including phenoxy) is 1. The maximum Gasteiger partial charge on any atom is 0.408 e. The Morgan fingerprint density at radius 3 is 2.38 bits per heavy atom. The van der Waals surface area contributed by atoms with Crippen LogP contribution < -0.4 is 16.0 Å². The number of Topliss-reactive ketones (excluding diaryl/α,β-unsaturated/α-hetero) is 1. The van der Waals surface area contributed by atoms with Gasteiger partial charge >= 0.3 is 6.09 Å². The van der Waals surface area contributed by atoms with Crippen LogP contribution in [0.1, 0.15) is 78.1 Å². The molecule has 4 amide bonds. The minimum absolute atomic E-state index is 0.0971. The van der Waals surface area contributed by atoms with Crippen LogP contribution in [0.2, 0.25) is 0 Å². The highest BCUT2D eigenvalue weighted by Gasteiger charge is 2.74. The molecule has 1 heterocycles. The first kappa shape index (κ1) is 32.6. The molecule has 1 aliphatic heterocycles. The molecule has 234 valence electrons. The Bertz CT molecular complexity index is 1060. The van der Waals surface area contributed by atoms with Gasteiger partial charge in [0.05, 0.1) is 6.04 Å². The second-order valence-electron chi connectivity index (χ2n) is 12.3. The fourth-order valence-corrected chi connectivity index (χ4v) is 7.80.